The minimum absolute atomic E-state index is 0.253. The zero-order chi connectivity index (χ0) is 18.7. The lowest BCUT2D eigenvalue weighted by Gasteiger charge is -2.52. The van der Waals surface area contributed by atoms with Gasteiger partial charge in [0.1, 0.15) is 17.1 Å². The van der Waals surface area contributed by atoms with Crippen molar-refractivity contribution in [2.45, 2.75) is 58.5 Å². The summed E-state index contributed by atoms with van der Waals surface area (Å²) in [4.78, 5) is 25.0. The zero-order valence-electron chi connectivity index (χ0n) is 16.0. The molecule has 3 aliphatic rings. The van der Waals surface area contributed by atoms with E-state index in [-0.39, 0.29) is 17.7 Å². The molecule has 3 aliphatic carbocycles. The number of ether oxygens (including phenoxy) is 2. The van der Waals surface area contributed by atoms with Gasteiger partial charge < -0.3 is 9.47 Å². The smallest absolute Gasteiger partial charge is 0.303 e. The van der Waals surface area contributed by atoms with Gasteiger partial charge in [0.2, 0.25) is 0 Å². The van der Waals surface area contributed by atoms with E-state index in [1.54, 1.807) is 7.11 Å². The molecular weight excluding hydrogens is 328 g/mol. The largest absolute Gasteiger partial charge is 0.497 e. The van der Waals surface area contributed by atoms with Crippen LogP contribution in [0.3, 0.4) is 0 Å². The van der Waals surface area contributed by atoms with Crippen molar-refractivity contribution in [3.8, 4) is 5.75 Å². The first kappa shape index (κ1) is 17.3. The van der Waals surface area contributed by atoms with E-state index in [0.717, 1.165) is 31.4 Å². The lowest BCUT2D eigenvalue weighted by atomic mass is 9.53. The van der Waals surface area contributed by atoms with Gasteiger partial charge >= 0.3 is 5.97 Å². The number of carbonyl (C=O) groups excluding carboxylic acids is 2. The van der Waals surface area contributed by atoms with Gasteiger partial charge in [-0.3, -0.25) is 9.59 Å². The molecule has 0 N–H and O–H groups in total. The molecule has 1 aromatic rings. The van der Waals surface area contributed by atoms with Crippen molar-refractivity contribution in [3.05, 3.63) is 34.9 Å². The fourth-order valence-electron chi connectivity index (χ4n) is 5.33. The van der Waals surface area contributed by atoms with Crippen LogP contribution >= 0.6 is 0 Å². The topological polar surface area (TPSA) is 52.6 Å². The van der Waals surface area contributed by atoms with E-state index in [9.17, 15) is 9.59 Å². The first-order chi connectivity index (χ1) is 12.3. The molecule has 26 heavy (non-hydrogen) atoms. The summed E-state index contributed by atoms with van der Waals surface area (Å²) in [6, 6.07) is 6.23. The average molecular weight is 354 g/mol. The summed E-state index contributed by atoms with van der Waals surface area (Å²) in [6.45, 7) is 5.46. The molecule has 2 bridgehead atoms. The molecule has 1 aromatic carbocycles. The summed E-state index contributed by atoms with van der Waals surface area (Å²) >= 11 is 0. The average Bonchev–Trinajstić information content (AvgIpc) is 2.60. The molecule has 0 radical (unpaired) electrons. The normalized spacial score (nSPS) is 32.6. The molecule has 1 fully saturated rings. The van der Waals surface area contributed by atoms with Gasteiger partial charge in [-0.1, -0.05) is 11.6 Å². The Kier molecular flexibility index (Phi) is 3.80. The summed E-state index contributed by atoms with van der Waals surface area (Å²) in [7, 11) is 1.69. The molecule has 4 rings (SSSR count). The van der Waals surface area contributed by atoms with Crippen LogP contribution in [-0.2, 0) is 20.7 Å². The number of ketones is 1. The van der Waals surface area contributed by atoms with E-state index in [0.29, 0.717) is 6.42 Å². The number of methoxy groups -OCH3 is 1. The van der Waals surface area contributed by atoms with Gasteiger partial charge in [0.15, 0.2) is 0 Å². The maximum Gasteiger partial charge on any atom is 0.303 e. The van der Waals surface area contributed by atoms with E-state index in [2.05, 4.69) is 19.1 Å². The number of hydrogen-bond donors (Lipinski definition) is 0. The zero-order valence-corrected chi connectivity index (χ0v) is 16.0. The van der Waals surface area contributed by atoms with Gasteiger partial charge in [-0.2, -0.15) is 0 Å². The molecule has 0 heterocycles. The predicted molar refractivity (Wildman–Crippen MR) is 98.9 cm³/mol. The van der Waals surface area contributed by atoms with Gasteiger partial charge in [-0.25, -0.2) is 0 Å². The molecule has 1 saturated carbocycles. The minimum Gasteiger partial charge on any atom is -0.497 e. The summed E-state index contributed by atoms with van der Waals surface area (Å²) < 4.78 is 11.1. The summed E-state index contributed by atoms with van der Waals surface area (Å²) in [5.41, 5.74) is 4.00. The SMILES string of the molecule is COc1ccc2c(c1)CCC1=C2C[C@@H]2C(=O)[C@@]1(C)CC[C@]2(C)OC(C)=O. The maximum atomic E-state index is 13.3. The van der Waals surface area contributed by atoms with E-state index < -0.39 is 11.0 Å². The van der Waals surface area contributed by atoms with Crippen LogP contribution in [0.15, 0.2) is 23.8 Å². The van der Waals surface area contributed by atoms with Crippen LogP contribution in [0.1, 0.15) is 57.6 Å². The monoisotopic (exact) mass is 354 g/mol. The van der Waals surface area contributed by atoms with E-state index >= 15 is 0 Å². The van der Waals surface area contributed by atoms with Crippen molar-refractivity contribution in [1.82, 2.24) is 0 Å². The minimum atomic E-state index is -0.703. The van der Waals surface area contributed by atoms with Crippen LogP contribution in [0.2, 0.25) is 0 Å². The highest BCUT2D eigenvalue weighted by Gasteiger charge is 2.58. The van der Waals surface area contributed by atoms with Crippen LogP contribution in [-0.4, -0.2) is 24.5 Å². The van der Waals surface area contributed by atoms with Crippen molar-refractivity contribution >= 4 is 17.3 Å². The number of Topliss-reactive ketones (excluding diaryl/α,β-unsaturated/α-hetero) is 1. The van der Waals surface area contributed by atoms with Crippen molar-refractivity contribution < 1.29 is 19.1 Å². The third-order valence-corrected chi connectivity index (χ3v) is 6.82. The number of allylic oxidation sites excluding steroid dienone is 2. The second-order valence-electron chi connectivity index (χ2n) is 8.34. The van der Waals surface area contributed by atoms with Crippen LogP contribution in [0.4, 0.5) is 0 Å². The fraction of sp³-hybridized carbons (Fsp3) is 0.545. The Morgan fingerprint density at radius 3 is 2.65 bits per heavy atom. The fourth-order valence-corrected chi connectivity index (χ4v) is 5.33. The van der Waals surface area contributed by atoms with Gasteiger partial charge in [0.25, 0.3) is 0 Å². The molecule has 4 heteroatoms. The summed E-state index contributed by atoms with van der Waals surface area (Å²) in [6.07, 6.45) is 4.02. The first-order valence-electron chi connectivity index (χ1n) is 9.42. The number of hydrogen-bond acceptors (Lipinski definition) is 4. The number of fused-ring (bicyclic) bond motifs is 5. The second-order valence-corrected chi connectivity index (χ2v) is 8.34. The lowest BCUT2D eigenvalue weighted by Crippen LogP contribution is -2.56. The molecule has 0 unspecified atom stereocenters. The van der Waals surface area contributed by atoms with E-state index in [1.165, 1.54) is 29.2 Å². The van der Waals surface area contributed by atoms with Crippen molar-refractivity contribution in [2.75, 3.05) is 7.11 Å². The third kappa shape index (κ3) is 2.34. The van der Waals surface area contributed by atoms with Crippen molar-refractivity contribution in [3.63, 3.8) is 0 Å². The molecule has 138 valence electrons. The Morgan fingerprint density at radius 2 is 1.96 bits per heavy atom. The van der Waals surface area contributed by atoms with Crippen LogP contribution in [0.25, 0.3) is 5.57 Å². The standard InChI is InChI=1S/C22H26O4/c1-13(23)26-22(3)10-9-21(2)18-8-5-14-11-15(25-4)6-7-16(14)17(18)12-19(22)20(21)24/h6-7,11,19H,5,8-10,12H2,1-4H3/t19-,21+,22+/m1/s1. The second kappa shape index (κ2) is 5.70. The Morgan fingerprint density at radius 1 is 1.19 bits per heavy atom. The molecular formula is C22H26O4. The molecule has 3 atom stereocenters. The molecule has 0 saturated heterocycles. The molecule has 0 aromatic heterocycles. The van der Waals surface area contributed by atoms with Gasteiger partial charge in [0, 0.05) is 12.3 Å². The van der Waals surface area contributed by atoms with Crippen LogP contribution < -0.4 is 4.74 Å². The van der Waals surface area contributed by atoms with Crippen molar-refractivity contribution in [2.24, 2.45) is 11.3 Å². The quantitative estimate of drug-likeness (QED) is 0.750. The molecule has 0 aliphatic heterocycles. The Bertz CT molecular complexity index is 837. The maximum absolute atomic E-state index is 13.3. The van der Waals surface area contributed by atoms with Crippen LogP contribution in [0, 0.1) is 11.3 Å². The number of aryl methyl sites for hydroxylation is 1. The first-order valence-corrected chi connectivity index (χ1v) is 9.42. The third-order valence-electron chi connectivity index (χ3n) is 6.82. The Balaban J connectivity index is 1.82. The summed E-state index contributed by atoms with van der Waals surface area (Å²) in [5.74, 6) is 0.550. The molecule has 0 amide bonds. The highest BCUT2D eigenvalue weighted by Crippen LogP contribution is 2.58. The number of carbonyl (C=O) groups is 2. The number of rotatable bonds is 2. The van der Waals surface area contributed by atoms with Crippen LogP contribution in [0.5, 0.6) is 5.75 Å². The summed E-state index contributed by atoms with van der Waals surface area (Å²) in [5, 5.41) is 0. The Hall–Kier alpha value is -2.10. The van der Waals surface area contributed by atoms with Gasteiger partial charge in [-0.05, 0) is 74.8 Å². The number of benzene rings is 1. The predicted octanol–water partition coefficient (Wildman–Crippen LogP) is 4.11. The molecule has 0 spiro atoms. The van der Waals surface area contributed by atoms with Crippen molar-refractivity contribution in [1.29, 1.82) is 0 Å². The molecule has 4 nitrogen and oxygen atoms in total. The highest BCUT2D eigenvalue weighted by molar-refractivity contribution is 5.99. The Labute approximate surface area is 154 Å². The number of esters is 1. The highest BCUT2D eigenvalue weighted by atomic mass is 16.6. The van der Waals surface area contributed by atoms with E-state index in [4.69, 9.17) is 9.47 Å². The lowest BCUT2D eigenvalue weighted by molar-refractivity contribution is -0.173. The van der Waals surface area contributed by atoms with Gasteiger partial charge in [-0.15, -0.1) is 0 Å². The van der Waals surface area contributed by atoms with E-state index in [1.807, 2.05) is 13.0 Å². The van der Waals surface area contributed by atoms with Gasteiger partial charge in [0.05, 0.1) is 13.0 Å².